The monoisotopic (exact) mass is 190 g/mol. The normalized spacial score (nSPS) is 10.1. The number of aryl methyl sites for hydroxylation is 1. The maximum Gasteiger partial charge on any atom is 0.346 e. The zero-order chi connectivity index (χ0) is 8.59. The predicted octanol–water partition coefficient (Wildman–Crippen LogP) is 2.72. The van der Waals surface area contributed by atoms with Gasteiger partial charge in [-0.3, -0.25) is 0 Å². The van der Waals surface area contributed by atoms with E-state index in [0.29, 0.717) is 15.5 Å². The number of carboxylic acid groups (broad SMARTS) is 1. The molecule has 0 radical (unpaired) electrons. The van der Waals surface area contributed by atoms with Crippen molar-refractivity contribution in [2.24, 2.45) is 0 Å². The molecule has 60 valence electrons. The molecular formula is C7H7ClO2S. The zero-order valence-corrected chi connectivity index (χ0v) is 7.71. The van der Waals surface area contributed by atoms with E-state index < -0.39 is 5.97 Å². The molecule has 1 heterocycles. The summed E-state index contributed by atoms with van der Waals surface area (Å²) in [5.41, 5.74) is 0.668. The van der Waals surface area contributed by atoms with Crippen molar-refractivity contribution in [2.45, 2.75) is 13.8 Å². The van der Waals surface area contributed by atoms with Crippen LogP contribution in [-0.2, 0) is 0 Å². The van der Waals surface area contributed by atoms with Crippen molar-refractivity contribution in [2.75, 3.05) is 0 Å². The second-order valence-corrected chi connectivity index (χ2v) is 3.83. The average molecular weight is 191 g/mol. The first-order valence-electron chi connectivity index (χ1n) is 3.02. The number of carboxylic acids is 1. The third-order valence-corrected chi connectivity index (χ3v) is 3.30. The minimum absolute atomic E-state index is 0.340. The van der Waals surface area contributed by atoms with Gasteiger partial charge in [0.05, 0.1) is 5.02 Å². The van der Waals surface area contributed by atoms with E-state index in [9.17, 15) is 4.79 Å². The fourth-order valence-electron chi connectivity index (χ4n) is 0.842. The number of thiophene rings is 1. The summed E-state index contributed by atoms with van der Waals surface area (Å²) in [6.07, 6.45) is 0. The Labute approximate surface area is 73.4 Å². The molecule has 0 aliphatic rings. The van der Waals surface area contributed by atoms with E-state index in [1.165, 1.54) is 11.3 Å². The Hall–Kier alpha value is -0.540. The predicted molar refractivity (Wildman–Crippen MR) is 45.8 cm³/mol. The Kier molecular flexibility index (Phi) is 2.20. The standard InChI is InChI=1S/C7H7ClO2S/c1-3-5(8)4(2)11-6(3)7(9)10/h1-2H3,(H,9,10). The summed E-state index contributed by atoms with van der Waals surface area (Å²) in [5.74, 6) is -0.900. The van der Waals surface area contributed by atoms with Crippen LogP contribution < -0.4 is 0 Å². The van der Waals surface area contributed by atoms with Gasteiger partial charge in [-0.1, -0.05) is 11.6 Å². The van der Waals surface area contributed by atoms with Gasteiger partial charge < -0.3 is 5.11 Å². The molecule has 0 aliphatic heterocycles. The van der Waals surface area contributed by atoms with Crippen LogP contribution in [0.2, 0.25) is 5.02 Å². The SMILES string of the molecule is Cc1sc(C(=O)O)c(C)c1Cl. The van der Waals surface area contributed by atoms with Gasteiger partial charge in [0.25, 0.3) is 0 Å². The number of carbonyl (C=O) groups is 1. The number of halogens is 1. The summed E-state index contributed by atoms with van der Waals surface area (Å²) >= 11 is 7.01. The van der Waals surface area contributed by atoms with E-state index in [1.807, 2.05) is 6.92 Å². The maximum atomic E-state index is 10.5. The van der Waals surface area contributed by atoms with Gasteiger partial charge in [-0.15, -0.1) is 11.3 Å². The van der Waals surface area contributed by atoms with Crippen LogP contribution in [0.15, 0.2) is 0 Å². The van der Waals surface area contributed by atoms with Gasteiger partial charge in [-0.2, -0.15) is 0 Å². The Morgan fingerprint density at radius 3 is 2.27 bits per heavy atom. The smallest absolute Gasteiger partial charge is 0.346 e. The highest BCUT2D eigenvalue weighted by atomic mass is 35.5. The molecule has 2 nitrogen and oxygen atoms in total. The van der Waals surface area contributed by atoms with Crippen LogP contribution >= 0.6 is 22.9 Å². The molecule has 0 aliphatic carbocycles. The van der Waals surface area contributed by atoms with E-state index in [0.717, 1.165) is 4.88 Å². The molecule has 0 spiro atoms. The molecule has 1 aromatic rings. The first kappa shape index (κ1) is 8.56. The van der Waals surface area contributed by atoms with Crippen molar-refractivity contribution in [3.05, 3.63) is 20.3 Å². The molecule has 4 heteroatoms. The molecule has 1 aromatic heterocycles. The average Bonchev–Trinajstić information content (AvgIpc) is 2.17. The lowest BCUT2D eigenvalue weighted by molar-refractivity contribution is 0.0701. The highest BCUT2D eigenvalue weighted by Crippen LogP contribution is 2.31. The lowest BCUT2D eigenvalue weighted by Gasteiger charge is -1.88. The van der Waals surface area contributed by atoms with Gasteiger partial charge in [0.15, 0.2) is 0 Å². The minimum atomic E-state index is -0.900. The first-order valence-corrected chi connectivity index (χ1v) is 4.22. The molecule has 0 saturated heterocycles. The summed E-state index contributed by atoms with van der Waals surface area (Å²) in [6.45, 7) is 3.53. The second-order valence-electron chi connectivity index (χ2n) is 2.23. The van der Waals surface area contributed by atoms with Gasteiger partial charge in [0, 0.05) is 4.88 Å². The van der Waals surface area contributed by atoms with Gasteiger partial charge in [-0.25, -0.2) is 4.79 Å². The number of hydrogen-bond acceptors (Lipinski definition) is 2. The van der Waals surface area contributed by atoms with Gasteiger partial charge in [0.1, 0.15) is 4.88 Å². The van der Waals surface area contributed by atoms with Gasteiger partial charge in [0.2, 0.25) is 0 Å². The Morgan fingerprint density at radius 1 is 1.55 bits per heavy atom. The van der Waals surface area contributed by atoms with Crippen LogP contribution in [0.5, 0.6) is 0 Å². The molecule has 1 rings (SSSR count). The molecule has 0 fully saturated rings. The minimum Gasteiger partial charge on any atom is -0.477 e. The quantitative estimate of drug-likeness (QED) is 0.740. The largest absolute Gasteiger partial charge is 0.477 e. The van der Waals surface area contributed by atoms with Crippen LogP contribution in [0, 0.1) is 13.8 Å². The van der Waals surface area contributed by atoms with Crippen molar-refractivity contribution in [1.82, 2.24) is 0 Å². The third kappa shape index (κ3) is 1.39. The van der Waals surface area contributed by atoms with Crippen molar-refractivity contribution in [1.29, 1.82) is 0 Å². The van der Waals surface area contributed by atoms with E-state index >= 15 is 0 Å². The Morgan fingerprint density at radius 2 is 2.09 bits per heavy atom. The summed E-state index contributed by atoms with van der Waals surface area (Å²) in [5, 5.41) is 9.23. The lowest BCUT2D eigenvalue weighted by atomic mass is 10.3. The van der Waals surface area contributed by atoms with Crippen molar-refractivity contribution in [3.63, 3.8) is 0 Å². The topological polar surface area (TPSA) is 37.3 Å². The number of rotatable bonds is 1. The molecule has 1 N–H and O–H groups in total. The maximum absolute atomic E-state index is 10.5. The van der Waals surface area contributed by atoms with Crippen molar-refractivity contribution < 1.29 is 9.90 Å². The fourth-order valence-corrected chi connectivity index (χ4v) is 2.00. The molecule has 0 unspecified atom stereocenters. The molecule has 0 saturated carbocycles. The Balaban J connectivity index is 3.29. The molecule has 0 atom stereocenters. The third-order valence-electron chi connectivity index (χ3n) is 1.43. The second kappa shape index (κ2) is 2.83. The number of aromatic carboxylic acids is 1. The summed E-state index contributed by atoms with van der Waals surface area (Å²) < 4.78 is 0. The molecule has 0 amide bonds. The summed E-state index contributed by atoms with van der Waals surface area (Å²) in [4.78, 5) is 11.7. The molecule has 0 bridgehead atoms. The summed E-state index contributed by atoms with van der Waals surface area (Å²) in [6, 6.07) is 0. The fraction of sp³-hybridized carbons (Fsp3) is 0.286. The van der Waals surface area contributed by atoms with E-state index in [-0.39, 0.29) is 0 Å². The Bertz CT molecular complexity index is 304. The summed E-state index contributed by atoms with van der Waals surface area (Å²) in [7, 11) is 0. The van der Waals surface area contributed by atoms with Crippen LogP contribution in [0.25, 0.3) is 0 Å². The number of hydrogen-bond donors (Lipinski definition) is 1. The van der Waals surface area contributed by atoms with Crippen LogP contribution in [0.1, 0.15) is 20.1 Å². The lowest BCUT2D eigenvalue weighted by Crippen LogP contribution is -1.93. The van der Waals surface area contributed by atoms with Crippen LogP contribution in [0.4, 0.5) is 0 Å². The molecule has 0 aromatic carbocycles. The van der Waals surface area contributed by atoms with Crippen molar-refractivity contribution >= 4 is 28.9 Å². The van der Waals surface area contributed by atoms with Crippen LogP contribution in [-0.4, -0.2) is 11.1 Å². The van der Waals surface area contributed by atoms with E-state index in [2.05, 4.69) is 0 Å². The first-order chi connectivity index (χ1) is 5.04. The van der Waals surface area contributed by atoms with Crippen LogP contribution in [0.3, 0.4) is 0 Å². The highest BCUT2D eigenvalue weighted by Gasteiger charge is 2.14. The van der Waals surface area contributed by atoms with E-state index in [4.69, 9.17) is 16.7 Å². The van der Waals surface area contributed by atoms with Gasteiger partial charge in [-0.05, 0) is 19.4 Å². The van der Waals surface area contributed by atoms with Gasteiger partial charge >= 0.3 is 5.97 Å². The highest BCUT2D eigenvalue weighted by molar-refractivity contribution is 7.14. The zero-order valence-electron chi connectivity index (χ0n) is 6.14. The molecular weight excluding hydrogens is 184 g/mol. The molecule has 11 heavy (non-hydrogen) atoms. The van der Waals surface area contributed by atoms with E-state index in [1.54, 1.807) is 6.92 Å². The van der Waals surface area contributed by atoms with Crippen molar-refractivity contribution in [3.8, 4) is 0 Å².